The van der Waals surface area contributed by atoms with Gasteiger partial charge in [0.15, 0.2) is 11.6 Å². The van der Waals surface area contributed by atoms with Gasteiger partial charge in [0.05, 0.1) is 27.0 Å². The molecule has 0 saturated heterocycles. The molecule has 0 bridgehead atoms. The molecule has 2 heterocycles. The molecule has 1 atom stereocenters. The molecule has 1 N–H and O–H groups in total. The molecule has 2 aromatic carbocycles. The van der Waals surface area contributed by atoms with E-state index in [2.05, 4.69) is 9.98 Å². The number of aliphatic imine (C=N–C) groups is 1. The average Bonchev–Trinajstić information content (AvgIpc) is 2.77. The Hall–Kier alpha value is -2.77. The molecule has 0 unspecified atom stereocenters. The summed E-state index contributed by atoms with van der Waals surface area (Å²) in [6.07, 6.45) is 1.48. The third kappa shape index (κ3) is 2.78. The monoisotopic (exact) mass is 421 g/mol. The molecular formula is C19H11Cl2F2N3O2. The first-order valence-electron chi connectivity index (χ1n) is 8.13. The van der Waals surface area contributed by atoms with Crippen LogP contribution in [-0.4, -0.2) is 20.4 Å². The minimum absolute atomic E-state index is 0.0267. The van der Waals surface area contributed by atoms with E-state index in [1.54, 1.807) is 17.6 Å². The first-order valence-corrected chi connectivity index (χ1v) is 8.88. The number of phenolic OH excluding ortho intramolecular Hbond substituents is 1. The lowest BCUT2D eigenvalue weighted by Crippen LogP contribution is -2.16. The lowest BCUT2D eigenvalue weighted by atomic mass is 9.98. The van der Waals surface area contributed by atoms with E-state index in [-0.39, 0.29) is 27.1 Å². The van der Waals surface area contributed by atoms with Crippen LogP contribution < -0.4 is 5.56 Å². The summed E-state index contributed by atoms with van der Waals surface area (Å²) in [4.78, 5) is 20.1. The summed E-state index contributed by atoms with van der Waals surface area (Å²) in [6, 6.07) is 5.46. The van der Waals surface area contributed by atoms with Crippen LogP contribution in [-0.2, 0) is 0 Å². The zero-order valence-electron chi connectivity index (χ0n) is 14.3. The molecule has 0 amide bonds. The maximum atomic E-state index is 14.7. The van der Waals surface area contributed by atoms with Gasteiger partial charge in [0.2, 0.25) is 0 Å². The second-order valence-electron chi connectivity index (χ2n) is 6.16. The fraction of sp³-hybridized carbons (Fsp3) is 0.105. The Kier molecular flexibility index (Phi) is 4.44. The molecule has 3 aromatic rings. The first kappa shape index (κ1) is 18.6. The topological polar surface area (TPSA) is 67.5 Å². The van der Waals surface area contributed by atoms with E-state index in [1.807, 2.05) is 0 Å². The Morgan fingerprint density at radius 2 is 1.86 bits per heavy atom. The third-order valence-electron chi connectivity index (χ3n) is 4.41. The molecule has 0 radical (unpaired) electrons. The minimum atomic E-state index is -1.18. The summed E-state index contributed by atoms with van der Waals surface area (Å²) in [5, 5.41) is 9.94. The number of phenols is 1. The molecule has 28 heavy (non-hydrogen) atoms. The van der Waals surface area contributed by atoms with E-state index < -0.39 is 34.5 Å². The number of hydrogen-bond donors (Lipinski definition) is 1. The lowest BCUT2D eigenvalue weighted by Gasteiger charge is -2.16. The van der Waals surface area contributed by atoms with E-state index in [9.17, 15) is 18.7 Å². The molecule has 0 aliphatic carbocycles. The summed E-state index contributed by atoms with van der Waals surface area (Å²) in [6.45, 7) is 1.62. The van der Waals surface area contributed by atoms with Gasteiger partial charge >= 0.3 is 0 Å². The molecule has 0 saturated carbocycles. The average molecular weight is 422 g/mol. The number of fused-ring (bicyclic) bond motifs is 3. The molecule has 0 fully saturated rings. The van der Waals surface area contributed by atoms with Crippen molar-refractivity contribution in [1.82, 2.24) is 9.55 Å². The Balaban J connectivity index is 2.16. The number of benzene rings is 2. The zero-order chi connectivity index (χ0) is 20.2. The molecule has 4 rings (SSSR count). The second-order valence-corrected chi connectivity index (χ2v) is 6.94. The molecule has 1 aliphatic heterocycles. The van der Waals surface area contributed by atoms with Gasteiger partial charge in [-0.05, 0) is 31.2 Å². The van der Waals surface area contributed by atoms with Crippen molar-refractivity contribution in [3.8, 4) is 11.4 Å². The summed E-state index contributed by atoms with van der Waals surface area (Å²) >= 11 is 12.6. The lowest BCUT2D eigenvalue weighted by molar-refractivity contribution is 0.427. The molecule has 142 valence electrons. The largest absolute Gasteiger partial charge is 0.505 e. The Morgan fingerprint density at radius 3 is 2.61 bits per heavy atom. The van der Waals surface area contributed by atoms with Crippen LogP contribution in [0.15, 0.2) is 46.3 Å². The van der Waals surface area contributed by atoms with Gasteiger partial charge < -0.3 is 9.67 Å². The van der Waals surface area contributed by atoms with Crippen LogP contribution in [0.3, 0.4) is 0 Å². The van der Waals surface area contributed by atoms with Crippen molar-refractivity contribution in [2.24, 2.45) is 4.99 Å². The summed E-state index contributed by atoms with van der Waals surface area (Å²) < 4.78 is 30.9. The van der Waals surface area contributed by atoms with Crippen molar-refractivity contribution >= 4 is 28.9 Å². The van der Waals surface area contributed by atoms with Gasteiger partial charge in [0.25, 0.3) is 5.56 Å². The van der Waals surface area contributed by atoms with Crippen LogP contribution in [0.2, 0.25) is 10.0 Å². The van der Waals surface area contributed by atoms with Gasteiger partial charge in [-0.1, -0.05) is 23.2 Å². The van der Waals surface area contributed by atoms with Crippen LogP contribution >= 0.6 is 23.2 Å². The maximum Gasteiger partial charge on any atom is 0.272 e. The fourth-order valence-corrected chi connectivity index (χ4v) is 3.55. The van der Waals surface area contributed by atoms with E-state index in [4.69, 9.17) is 23.2 Å². The normalized spacial score (nSPS) is 15.5. The summed E-state index contributed by atoms with van der Waals surface area (Å²) in [5.74, 6) is -2.58. The van der Waals surface area contributed by atoms with E-state index in [0.717, 1.165) is 12.1 Å². The van der Waals surface area contributed by atoms with Crippen molar-refractivity contribution in [3.63, 3.8) is 0 Å². The van der Waals surface area contributed by atoms with Gasteiger partial charge in [0, 0.05) is 17.8 Å². The SMILES string of the molecule is C[C@@H]1N=C(c2c(F)ccc(O)c2F)c2c(ccc(Cl)c2Cl)-n2ccc(=O)nc21. The van der Waals surface area contributed by atoms with Crippen LogP contribution in [0, 0.1) is 11.6 Å². The van der Waals surface area contributed by atoms with Gasteiger partial charge in [0.1, 0.15) is 17.7 Å². The van der Waals surface area contributed by atoms with E-state index in [0.29, 0.717) is 5.69 Å². The molecule has 5 nitrogen and oxygen atoms in total. The summed E-state index contributed by atoms with van der Waals surface area (Å²) in [5.41, 5.74) is -0.615. The highest BCUT2D eigenvalue weighted by Gasteiger charge is 2.30. The predicted molar refractivity (Wildman–Crippen MR) is 102 cm³/mol. The maximum absolute atomic E-state index is 14.7. The zero-order valence-corrected chi connectivity index (χ0v) is 15.8. The first-order chi connectivity index (χ1) is 13.3. The number of aromatic nitrogens is 2. The number of halogens is 4. The van der Waals surface area contributed by atoms with Crippen molar-refractivity contribution in [1.29, 1.82) is 0 Å². The third-order valence-corrected chi connectivity index (χ3v) is 5.22. The number of nitrogens with zero attached hydrogens (tertiary/aromatic N) is 3. The quantitative estimate of drug-likeness (QED) is 0.631. The van der Waals surface area contributed by atoms with Crippen molar-refractivity contribution in [2.45, 2.75) is 13.0 Å². The van der Waals surface area contributed by atoms with Crippen LogP contribution in [0.5, 0.6) is 5.75 Å². The number of hydrogen-bond acceptors (Lipinski definition) is 4. The van der Waals surface area contributed by atoms with E-state index >= 15 is 0 Å². The fourth-order valence-electron chi connectivity index (χ4n) is 3.15. The molecule has 1 aromatic heterocycles. The van der Waals surface area contributed by atoms with Crippen LogP contribution in [0.1, 0.15) is 29.9 Å². The van der Waals surface area contributed by atoms with Crippen LogP contribution in [0.25, 0.3) is 5.69 Å². The highest BCUT2D eigenvalue weighted by molar-refractivity contribution is 6.45. The van der Waals surface area contributed by atoms with Crippen molar-refractivity contribution in [3.05, 3.63) is 85.5 Å². The second kappa shape index (κ2) is 6.68. The number of aromatic hydroxyl groups is 1. The minimum Gasteiger partial charge on any atom is -0.505 e. The Bertz CT molecular complexity index is 1220. The van der Waals surface area contributed by atoms with E-state index in [1.165, 1.54) is 18.3 Å². The van der Waals surface area contributed by atoms with Crippen LogP contribution in [0.4, 0.5) is 8.78 Å². The van der Waals surface area contributed by atoms with Crippen molar-refractivity contribution < 1.29 is 13.9 Å². The van der Waals surface area contributed by atoms with Gasteiger partial charge in [-0.15, -0.1) is 0 Å². The molecule has 1 aliphatic rings. The standard InChI is InChI=1S/C19H11Cl2F2N3O2/c1-8-19-25-13(28)6-7-26(19)11-4-2-9(20)16(21)15(11)18(24-8)14-10(22)3-5-12(27)17(14)23/h2-8,27H,1H3/t8-/m0/s1. The number of rotatable bonds is 1. The highest BCUT2D eigenvalue weighted by Crippen LogP contribution is 2.38. The Labute approximate surface area is 167 Å². The molecule has 0 spiro atoms. The summed E-state index contributed by atoms with van der Waals surface area (Å²) in [7, 11) is 0. The Morgan fingerprint density at radius 1 is 1.11 bits per heavy atom. The van der Waals surface area contributed by atoms with Gasteiger partial charge in [-0.25, -0.2) is 8.78 Å². The van der Waals surface area contributed by atoms with Gasteiger partial charge in [-0.3, -0.25) is 9.79 Å². The highest BCUT2D eigenvalue weighted by atomic mass is 35.5. The van der Waals surface area contributed by atoms with Crippen molar-refractivity contribution in [2.75, 3.05) is 0 Å². The molecule has 9 heteroatoms. The molecular weight excluding hydrogens is 411 g/mol. The van der Waals surface area contributed by atoms with Gasteiger partial charge in [-0.2, -0.15) is 4.98 Å². The predicted octanol–water partition coefficient (Wildman–Crippen LogP) is 4.44. The smallest absolute Gasteiger partial charge is 0.272 e.